The van der Waals surface area contributed by atoms with Crippen molar-refractivity contribution in [3.8, 4) is 0 Å². The van der Waals surface area contributed by atoms with Gasteiger partial charge in [0.2, 0.25) is 5.91 Å². The van der Waals surface area contributed by atoms with Crippen LogP contribution in [0.1, 0.15) is 19.8 Å². The fourth-order valence-electron chi connectivity index (χ4n) is 1.57. The number of carboxylic acids is 1. The second kappa shape index (κ2) is 6.00. The summed E-state index contributed by atoms with van der Waals surface area (Å²) in [6, 6.07) is 0. The highest BCUT2D eigenvalue weighted by atomic mass is 32.2. The van der Waals surface area contributed by atoms with Crippen molar-refractivity contribution < 1.29 is 14.7 Å². The van der Waals surface area contributed by atoms with Gasteiger partial charge in [-0.25, -0.2) is 0 Å². The van der Waals surface area contributed by atoms with Gasteiger partial charge in [0.05, 0.1) is 11.7 Å². The molecule has 0 saturated carbocycles. The summed E-state index contributed by atoms with van der Waals surface area (Å²) < 4.78 is 0. The number of carbonyl (C=O) groups excluding carboxylic acids is 2. The molecule has 15 heavy (non-hydrogen) atoms. The molecule has 4 nitrogen and oxygen atoms in total. The first-order chi connectivity index (χ1) is 7.09. The summed E-state index contributed by atoms with van der Waals surface area (Å²) in [6.45, 7) is 3.81. The number of likely N-dealkylation sites (tertiary alicyclic amines) is 1. The maximum atomic E-state index is 11.6. The molecule has 0 N–H and O–H groups in total. The Morgan fingerprint density at radius 3 is 2.47 bits per heavy atom. The van der Waals surface area contributed by atoms with Crippen molar-refractivity contribution in [1.82, 2.24) is 4.90 Å². The number of hydrogen-bond acceptors (Lipinski definition) is 4. The zero-order valence-corrected chi connectivity index (χ0v) is 9.72. The Balaban J connectivity index is 2.19. The molecule has 0 aromatic rings. The third-order valence-corrected chi connectivity index (χ3v) is 3.47. The summed E-state index contributed by atoms with van der Waals surface area (Å²) >= 11 is 1.11. The van der Waals surface area contributed by atoms with E-state index in [1.165, 1.54) is 0 Å². The van der Waals surface area contributed by atoms with Crippen LogP contribution in [0.3, 0.4) is 0 Å². The van der Waals surface area contributed by atoms with Gasteiger partial charge in [0.25, 0.3) is 0 Å². The standard InChI is InChI=1S/C10H17NO3S/c1-8-2-4-11(5-3-8)9(12)6-15-7-10(13)14/h8H,2-7H2,1H3,(H,13,14)/p-1. The number of carbonyl (C=O) groups is 2. The van der Waals surface area contributed by atoms with Crippen molar-refractivity contribution in [2.45, 2.75) is 19.8 Å². The predicted octanol–water partition coefficient (Wildman–Crippen LogP) is -0.272. The molecule has 1 aliphatic rings. The zero-order chi connectivity index (χ0) is 11.3. The Labute approximate surface area is 94.0 Å². The third-order valence-electron chi connectivity index (χ3n) is 2.58. The Morgan fingerprint density at radius 1 is 1.33 bits per heavy atom. The first-order valence-electron chi connectivity index (χ1n) is 5.15. The molecule has 0 spiro atoms. The second-order valence-electron chi connectivity index (χ2n) is 3.93. The van der Waals surface area contributed by atoms with Crippen LogP contribution in [0.5, 0.6) is 0 Å². The minimum Gasteiger partial charge on any atom is -0.549 e. The minimum atomic E-state index is -1.11. The number of hydrogen-bond donors (Lipinski definition) is 0. The molecule has 86 valence electrons. The van der Waals surface area contributed by atoms with Crippen molar-refractivity contribution >= 4 is 23.6 Å². The highest BCUT2D eigenvalue weighted by molar-refractivity contribution is 8.00. The summed E-state index contributed by atoms with van der Waals surface area (Å²) in [5.74, 6) is -0.212. The number of carboxylic acid groups (broad SMARTS) is 1. The van der Waals surface area contributed by atoms with Crippen LogP contribution in [0.4, 0.5) is 0 Å². The molecular weight excluding hydrogens is 214 g/mol. The fraction of sp³-hybridized carbons (Fsp3) is 0.800. The van der Waals surface area contributed by atoms with Gasteiger partial charge in [-0.2, -0.15) is 0 Å². The van der Waals surface area contributed by atoms with Crippen LogP contribution in [-0.2, 0) is 9.59 Å². The van der Waals surface area contributed by atoms with Crippen LogP contribution in [0.25, 0.3) is 0 Å². The van der Waals surface area contributed by atoms with Crippen LogP contribution in [0, 0.1) is 5.92 Å². The van der Waals surface area contributed by atoms with Gasteiger partial charge in [-0.15, -0.1) is 11.8 Å². The van der Waals surface area contributed by atoms with Crippen molar-refractivity contribution in [2.24, 2.45) is 5.92 Å². The predicted molar refractivity (Wildman–Crippen MR) is 57.3 cm³/mol. The molecule has 0 atom stereocenters. The third kappa shape index (κ3) is 4.55. The van der Waals surface area contributed by atoms with E-state index in [1.807, 2.05) is 4.90 Å². The van der Waals surface area contributed by atoms with Gasteiger partial charge in [-0.05, 0) is 18.8 Å². The minimum absolute atomic E-state index is 0.0492. The number of thioether (sulfide) groups is 1. The smallest absolute Gasteiger partial charge is 0.232 e. The molecular formula is C10H16NO3S-. The molecule has 1 fully saturated rings. The van der Waals surface area contributed by atoms with E-state index in [9.17, 15) is 14.7 Å². The largest absolute Gasteiger partial charge is 0.549 e. The quantitative estimate of drug-likeness (QED) is 0.667. The maximum absolute atomic E-state index is 11.6. The number of nitrogens with zero attached hydrogens (tertiary/aromatic N) is 1. The molecule has 0 aromatic heterocycles. The van der Waals surface area contributed by atoms with Gasteiger partial charge < -0.3 is 14.8 Å². The molecule has 1 saturated heterocycles. The van der Waals surface area contributed by atoms with E-state index in [-0.39, 0.29) is 17.4 Å². The summed E-state index contributed by atoms with van der Waals surface area (Å²) in [4.78, 5) is 23.5. The van der Waals surface area contributed by atoms with Gasteiger partial charge in [0, 0.05) is 18.8 Å². The molecule has 0 bridgehead atoms. The lowest BCUT2D eigenvalue weighted by atomic mass is 9.99. The molecule has 1 amide bonds. The van der Waals surface area contributed by atoms with Crippen molar-refractivity contribution in [2.75, 3.05) is 24.6 Å². The summed E-state index contributed by atoms with van der Waals surface area (Å²) in [6.07, 6.45) is 2.10. The lowest BCUT2D eigenvalue weighted by molar-refractivity contribution is -0.301. The average molecular weight is 230 g/mol. The van der Waals surface area contributed by atoms with Gasteiger partial charge in [0.1, 0.15) is 0 Å². The zero-order valence-electron chi connectivity index (χ0n) is 8.90. The van der Waals surface area contributed by atoms with E-state index >= 15 is 0 Å². The van der Waals surface area contributed by atoms with Crippen molar-refractivity contribution in [3.05, 3.63) is 0 Å². The van der Waals surface area contributed by atoms with E-state index < -0.39 is 5.97 Å². The maximum Gasteiger partial charge on any atom is 0.232 e. The number of rotatable bonds is 4. The lowest BCUT2D eigenvalue weighted by Gasteiger charge is -2.30. The molecule has 0 aromatic carbocycles. The van der Waals surface area contributed by atoms with Crippen LogP contribution >= 0.6 is 11.8 Å². The topological polar surface area (TPSA) is 60.4 Å². The van der Waals surface area contributed by atoms with Crippen molar-refractivity contribution in [1.29, 1.82) is 0 Å². The summed E-state index contributed by atoms with van der Waals surface area (Å²) in [5.41, 5.74) is 0. The van der Waals surface area contributed by atoms with E-state index in [4.69, 9.17) is 0 Å². The van der Waals surface area contributed by atoms with Crippen molar-refractivity contribution in [3.63, 3.8) is 0 Å². The van der Waals surface area contributed by atoms with Gasteiger partial charge in [0.15, 0.2) is 0 Å². The number of aliphatic carboxylic acids is 1. The number of piperidine rings is 1. The molecule has 1 heterocycles. The highest BCUT2D eigenvalue weighted by Crippen LogP contribution is 2.16. The Kier molecular flexibility index (Phi) is 4.94. The highest BCUT2D eigenvalue weighted by Gasteiger charge is 2.19. The molecule has 0 unspecified atom stereocenters. The van der Waals surface area contributed by atoms with E-state index in [0.29, 0.717) is 5.92 Å². The van der Waals surface area contributed by atoms with Crippen LogP contribution in [-0.4, -0.2) is 41.4 Å². The number of amides is 1. The van der Waals surface area contributed by atoms with Gasteiger partial charge >= 0.3 is 0 Å². The molecule has 1 aliphatic heterocycles. The Morgan fingerprint density at radius 2 is 1.93 bits per heavy atom. The first kappa shape index (κ1) is 12.4. The molecule has 0 aliphatic carbocycles. The van der Waals surface area contributed by atoms with Crippen LogP contribution < -0.4 is 5.11 Å². The monoisotopic (exact) mass is 230 g/mol. The van der Waals surface area contributed by atoms with E-state index in [0.717, 1.165) is 37.7 Å². The summed E-state index contributed by atoms with van der Waals surface area (Å²) in [5, 5.41) is 10.1. The van der Waals surface area contributed by atoms with E-state index in [2.05, 4.69) is 6.92 Å². The normalized spacial score (nSPS) is 17.8. The first-order valence-corrected chi connectivity index (χ1v) is 6.30. The Bertz CT molecular complexity index is 237. The fourth-order valence-corrected chi connectivity index (χ4v) is 2.20. The SMILES string of the molecule is CC1CCN(C(=O)CSCC(=O)[O-])CC1. The summed E-state index contributed by atoms with van der Waals surface area (Å²) in [7, 11) is 0. The lowest BCUT2D eigenvalue weighted by Crippen LogP contribution is -2.39. The van der Waals surface area contributed by atoms with E-state index in [1.54, 1.807) is 0 Å². The molecule has 5 heteroatoms. The second-order valence-corrected chi connectivity index (χ2v) is 4.91. The molecule has 1 rings (SSSR count). The van der Waals surface area contributed by atoms with Crippen LogP contribution in [0.2, 0.25) is 0 Å². The Hall–Kier alpha value is -0.710. The average Bonchev–Trinajstić information content (AvgIpc) is 2.18. The van der Waals surface area contributed by atoms with Crippen LogP contribution in [0.15, 0.2) is 0 Å². The van der Waals surface area contributed by atoms with Gasteiger partial charge in [-0.1, -0.05) is 6.92 Å². The van der Waals surface area contributed by atoms with Gasteiger partial charge in [-0.3, -0.25) is 4.79 Å². The molecule has 0 radical (unpaired) electrons.